The molecule has 0 spiro atoms. The van der Waals surface area contributed by atoms with Gasteiger partial charge in [-0.3, -0.25) is 9.11 Å². The summed E-state index contributed by atoms with van der Waals surface area (Å²) in [6.07, 6.45) is 0.745. The van der Waals surface area contributed by atoms with Crippen LogP contribution in [0.5, 0.6) is 0 Å². The van der Waals surface area contributed by atoms with E-state index in [0.717, 1.165) is 6.42 Å². The third-order valence-corrected chi connectivity index (χ3v) is 5.23. The summed E-state index contributed by atoms with van der Waals surface area (Å²) in [7, 11) is -10.3. The molecule has 0 aromatic carbocycles. The maximum Gasteiger partial charge on any atom is 0.336 e. The van der Waals surface area contributed by atoms with Crippen molar-refractivity contribution in [2.45, 2.75) is 26.4 Å². The van der Waals surface area contributed by atoms with Crippen LogP contribution in [0, 0.1) is 0 Å². The van der Waals surface area contributed by atoms with Gasteiger partial charge in [0, 0.05) is 0 Å². The highest BCUT2D eigenvalue weighted by molar-refractivity contribution is 9.02. The van der Waals surface area contributed by atoms with Crippen LogP contribution in [0.2, 0.25) is 0 Å². The van der Waals surface area contributed by atoms with Crippen LogP contribution < -0.4 is 0 Å². The van der Waals surface area contributed by atoms with Crippen molar-refractivity contribution in [1.29, 1.82) is 0 Å². The summed E-state index contributed by atoms with van der Waals surface area (Å²) in [6.45, 7) is 3.73. The molecule has 0 amide bonds. The Labute approximate surface area is 85.8 Å². The Kier molecular flexibility index (Phi) is 7.79. The highest BCUT2D eigenvalue weighted by Crippen LogP contribution is 2.15. The summed E-state index contributed by atoms with van der Waals surface area (Å²) < 4.78 is 54.0. The van der Waals surface area contributed by atoms with Gasteiger partial charge in [-0.05, 0) is 13.3 Å². The third-order valence-electron chi connectivity index (χ3n) is 0.763. The van der Waals surface area contributed by atoms with Gasteiger partial charge < -0.3 is 5.11 Å². The Morgan fingerprint density at radius 3 is 1.36 bits per heavy atom. The maximum absolute atomic E-state index is 9.63. The molecule has 1 unspecified atom stereocenters. The van der Waals surface area contributed by atoms with E-state index in [9.17, 15) is 16.8 Å². The molecule has 0 radical (unpaired) electrons. The average Bonchev–Trinajstić information content (AvgIpc) is 1.80. The van der Waals surface area contributed by atoms with Crippen molar-refractivity contribution >= 4 is 28.1 Å². The van der Waals surface area contributed by atoms with Crippen LogP contribution in [0.25, 0.3) is 0 Å². The molecule has 10 heteroatoms. The van der Waals surface area contributed by atoms with E-state index < -0.39 is 28.1 Å². The second kappa shape index (κ2) is 6.58. The first kappa shape index (κ1) is 16.6. The normalized spacial score (nSPS) is 14.1. The molecule has 0 rings (SSSR count). The predicted octanol–water partition coefficient (Wildman–Crippen LogP) is 0.102. The van der Waals surface area contributed by atoms with Crippen molar-refractivity contribution < 1.29 is 31.0 Å². The van der Waals surface area contributed by atoms with Gasteiger partial charge in [-0.25, -0.2) is 0 Å². The SMILES string of the molecule is CCC(C)O.O=S(=O)(O)SS(=O)(=O)O. The largest absolute Gasteiger partial charge is 0.393 e. The average molecular weight is 268 g/mol. The Bertz CT molecular complexity index is 296. The first-order chi connectivity index (χ1) is 5.98. The summed E-state index contributed by atoms with van der Waals surface area (Å²) in [5, 5.41) is 8.36. The van der Waals surface area contributed by atoms with Crippen LogP contribution in [0.1, 0.15) is 20.3 Å². The van der Waals surface area contributed by atoms with E-state index in [2.05, 4.69) is 0 Å². The molecule has 1 atom stereocenters. The highest BCUT2D eigenvalue weighted by Gasteiger charge is 2.17. The summed E-state index contributed by atoms with van der Waals surface area (Å²) in [5.74, 6) is 0. The molecule has 14 heavy (non-hydrogen) atoms. The lowest BCUT2D eigenvalue weighted by Gasteiger charge is -1.90. The molecule has 7 nitrogen and oxygen atoms in total. The molecular weight excluding hydrogens is 256 g/mol. The van der Waals surface area contributed by atoms with Gasteiger partial charge in [0.2, 0.25) is 0 Å². The van der Waals surface area contributed by atoms with Crippen LogP contribution in [0.3, 0.4) is 0 Å². The Morgan fingerprint density at radius 2 is 1.36 bits per heavy atom. The third kappa shape index (κ3) is 22.7. The number of hydrogen-bond donors (Lipinski definition) is 3. The molecule has 0 aliphatic heterocycles. The van der Waals surface area contributed by atoms with E-state index in [1.54, 1.807) is 6.92 Å². The van der Waals surface area contributed by atoms with Crippen molar-refractivity contribution in [3.05, 3.63) is 0 Å². The molecule has 0 saturated carbocycles. The molecular formula is C4H12O7S3. The zero-order chi connectivity index (χ0) is 12.0. The summed E-state index contributed by atoms with van der Waals surface area (Å²) in [4.78, 5) is 0. The number of rotatable bonds is 3. The van der Waals surface area contributed by atoms with Crippen molar-refractivity contribution in [1.82, 2.24) is 0 Å². The molecule has 0 heterocycles. The minimum atomic E-state index is -4.70. The molecule has 3 N–H and O–H groups in total. The van der Waals surface area contributed by atoms with Gasteiger partial charge in [-0.1, -0.05) is 6.92 Å². The summed E-state index contributed by atoms with van der Waals surface area (Å²) in [5.41, 5.74) is 0. The molecule has 0 saturated heterocycles. The molecule has 0 fully saturated rings. The van der Waals surface area contributed by atoms with E-state index in [1.165, 1.54) is 0 Å². The van der Waals surface area contributed by atoms with Crippen LogP contribution in [-0.2, 0) is 18.3 Å². The summed E-state index contributed by atoms with van der Waals surface area (Å²) >= 11 is 0. The lowest BCUT2D eigenvalue weighted by Crippen LogP contribution is -1.97. The van der Waals surface area contributed by atoms with E-state index in [4.69, 9.17) is 14.2 Å². The molecule has 0 aliphatic carbocycles. The van der Waals surface area contributed by atoms with Crippen LogP contribution in [0.15, 0.2) is 0 Å². The smallest absolute Gasteiger partial charge is 0.336 e. The fourth-order valence-corrected chi connectivity index (χ4v) is 2.93. The minimum absolute atomic E-state index is 0.116. The Morgan fingerprint density at radius 1 is 1.14 bits per heavy atom. The zero-order valence-corrected chi connectivity index (χ0v) is 9.93. The fraction of sp³-hybridized carbons (Fsp3) is 1.00. The lowest BCUT2D eigenvalue weighted by molar-refractivity contribution is 0.191. The highest BCUT2D eigenvalue weighted by atomic mass is 33.5. The monoisotopic (exact) mass is 268 g/mol. The van der Waals surface area contributed by atoms with Gasteiger partial charge in [0.25, 0.3) is 0 Å². The maximum atomic E-state index is 9.63. The van der Waals surface area contributed by atoms with Crippen molar-refractivity contribution in [3.8, 4) is 0 Å². The van der Waals surface area contributed by atoms with E-state index in [-0.39, 0.29) is 6.10 Å². The number of aliphatic hydroxyl groups excluding tert-OH is 1. The first-order valence-corrected chi connectivity index (χ1v) is 8.05. The van der Waals surface area contributed by atoms with Crippen LogP contribution in [0.4, 0.5) is 0 Å². The second-order valence-corrected chi connectivity index (χ2v) is 8.19. The van der Waals surface area contributed by atoms with E-state index in [0.29, 0.717) is 0 Å². The standard InChI is InChI=1S/C4H10O.H2O6S3/c1-3-4(2)5;1-8(2,3)7-9(4,5)6/h4-5H,3H2,1-2H3;(H,1,2,3)(H,4,5,6). The first-order valence-electron chi connectivity index (χ1n) is 3.32. The number of hydrogen-bond acceptors (Lipinski definition) is 6. The predicted molar refractivity (Wildman–Crippen MR) is 52.7 cm³/mol. The van der Waals surface area contributed by atoms with Crippen molar-refractivity contribution in [2.75, 3.05) is 0 Å². The van der Waals surface area contributed by atoms with Crippen molar-refractivity contribution in [2.24, 2.45) is 0 Å². The molecule has 88 valence electrons. The van der Waals surface area contributed by atoms with Gasteiger partial charge in [0.1, 0.15) is 0 Å². The molecule has 0 aromatic heterocycles. The van der Waals surface area contributed by atoms with E-state index in [1.807, 2.05) is 6.92 Å². The fourth-order valence-electron chi connectivity index (χ4n) is 0.109. The van der Waals surface area contributed by atoms with Crippen LogP contribution >= 0.6 is 9.83 Å². The van der Waals surface area contributed by atoms with Crippen molar-refractivity contribution in [3.63, 3.8) is 0 Å². The zero-order valence-electron chi connectivity index (χ0n) is 7.48. The quantitative estimate of drug-likeness (QED) is 0.485. The van der Waals surface area contributed by atoms with Gasteiger partial charge in [0.15, 0.2) is 9.83 Å². The van der Waals surface area contributed by atoms with Gasteiger partial charge in [0.05, 0.1) is 6.10 Å². The van der Waals surface area contributed by atoms with Gasteiger partial charge in [-0.15, -0.1) is 0 Å². The van der Waals surface area contributed by atoms with Gasteiger partial charge in [-0.2, -0.15) is 16.8 Å². The topological polar surface area (TPSA) is 129 Å². The van der Waals surface area contributed by atoms with E-state index >= 15 is 0 Å². The Hall–Kier alpha value is 0.130. The van der Waals surface area contributed by atoms with Gasteiger partial charge >= 0.3 is 18.3 Å². The Balaban J connectivity index is 0. The molecule has 0 aliphatic rings. The van der Waals surface area contributed by atoms with Crippen LogP contribution in [-0.4, -0.2) is 37.2 Å². The number of aliphatic hydroxyl groups is 1. The molecule has 0 aromatic rings. The minimum Gasteiger partial charge on any atom is -0.393 e. The molecule has 0 bridgehead atoms. The summed E-state index contributed by atoms with van der Waals surface area (Å²) in [6, 6.07) is 0. The lowest BCUT2D eigenvalue weighted by atomic mass is 10.3. The second-order valence-electron chi connectivity index (χ2n) is 2.18.